The molecule has 1 aromatic carbocycles. The van der Waals surface area contributed by atoms with Crippen LogP contribution in [0, 0.1) is 17.6 Å². The van der Waals surface area contributed by atoms with Gasteiger partial charge in [0.2, 0.25) is 0 Å². The molecule has 3 nitrogen and oxygen atoms in total. The van der Waals surface area contributed by atoms with Gasteiger partial charge in [-0.05, 0) is 30.4 Å². The number of amidine groups is 1. The Kier molecular flexibility index (Phi) is 3.41. The van der Waals surface area contributed by atoms with E-state index < -0.39 is 11.6 Å². The minimum absolute atomic E-state index is 0.181. The van der Waals surface area contributed by atoms with Crippen LogP contribution in [0.2, 0.25) is 0 Å². The van der Waals surface area contributed by atoms with E-state index in [4.69, 9.17) is 12.2 Å². The second-order valence-electron chi connectivity index (χ2n) is 5.01. The summed E-state index contributed by atoms with van der Waals surface area (Å²) >= 11 is 6.46. The first-order valence-corrected chi connectivity index (χ1v) is 7.79. The molecule has 0 saturated heterocycles. The zero-order valence-electron chi connectivity index (χ0n) is 10.7. The van der Waals surface area contributed by atoms with Crippen LogP contribution in [-0.2, 0) is 5.41 Å². The highest BCUT2D eigenvalue weighted by Crippen LogP contribution is 2.58. The van der Waals surface area contributed by atoms with Crippen molar-refractivity contribution in [3.8, 4) is 0 Å². The van der Waals surface area contributed by atoms with Crippen LogP contribution in [0.25, 0.3) is 0 Å². The molecule has 2 atom stereocenters. The molecule has 20 heavy (non-hydrogen) atoms. The number of thiocarbonyl (C=S) groups is 1. The van der Waals surface area contributed by atoms with Crippen LogP contribution in [0.15, 0.2) is 23.2 Å². The number of hydrogen-bond donors (Lipinski definition) is 2. The largest absolute Gasteiger partial charge is 0.287 e. The molecule has 1 heterocycles. The third-order valence-corrected chi connectivity index (χ3v) is 4.93. The molecule has 1 aliphatic heterocycles. The van der Waals surface area contributed by atoms with Crippen molar-refractivity contribution in [2.24, 2.45) is 10.9 Å². The van der Waals surface area contributed by atoms with Gasteiger partial charge in [0.1, 0.15) is 17.5 Å². The molecule has 1 aliphatic carbocycles. The molecule has 0 amide bonds. The van der Waals surface area contributed by atoms with E-state index in [-0.39, 0.29) is 11.3 Å². The quantitative estimate of drug-likeness (QED) is 0.616. The van der Waals surface area contributed by atoms with Crippen LogP contribution >= 0.6 is 24.0 Å². The van der Waals surface area contributed by atoms with E-state index in [9.17, 15) is 8.78 Å². The van der Waals surface area contributed by atoms with Crippen molar-refractivity contribution in [1.82, 2.24) is 10.9 Å². The van der Waals surface area contributed by atoms with Crippen LogP contribution in [0.5, 0.6) is 0 Å². The van der Waals surface area contributed by atoms with Gasteiger partial charge in [0, 0.05) is 17.4 Å². The first-order chi connectivity index (χ1) is 9.55. The molecule has 7 heteroatoms. The smallest absolute Gasteiger partial charge is 0.152 e. The van der Waals surface area contributed by atoms with Crippen molar-refractivity contribution in [3.05, 3.63) is 35.4 Å². The van der Waals surface area contributed by atoms with Crippen LogP contribution in [0.3, 0.4) is 0 Å². The van der Waals surface area contributed by atoms with Crippen molar-refractivity contribution >= 4 is 34.1 Å². The van der Waals surface area contributed by atoms with Gasteiger partial charge in [0.05, 0.1) is 6.54 Å². The van der Waals surface area contributed by atoms with Gasteiger partial charge in [0.15, 0.2) is 4.32 Å². The van der Waals surface area contributed by atoms with E-state index in [1.165, 1.54) is 23.9 Å². The summed E-state index contributed by atoms with van der Waals surface area (Å²) in [5, 5.41) is 0. The van der Waals surface area contributed by atoms with E-state index in [0.29, 0.717) is 16.4 Å². The van der Waals surface area contributed by atoms with E-state index >= 15 is 0 Å². The van der Waals surface area contributed by atoms with Gasteiger partial charge >= 0.3 is 0 Å². The molecule has 1 saturated carbocycles. The predicted octanol–water partition coefficient (Wildman–Crippen LogP) is 2.38. The molecule has 1 fully saturated rings. The maximum atomic E-state index is 13.3. The van der Waals surface area contributed by atoms with Gasteiger partial charge in [-0.2, -0.15) is 0 Å². The molecule has 2 aliphatic rings. The number of thioether (sulfide) groups is 1. The zero-order valence-corrected chi connectivity index (χ0v) is 12.4. The summed E-state index contributed by atoms with van der Waals surface area (Å²) in [6, 6.07) is 3.70. The Hall–Kier alpha value is -1.21. The zero-order chi connectivity index (χ0) is 14.3. The summed E-state index contributed by atoms with van der Waals surface area (Å²) in [7, 11) is 0. The fourth-order valence-corrected chi connectivity index (χ4v) is 2.92. The van der Waals surface area contributed by atoms with Crippen LogP contribution in [0.4, 0.5) is 8.78 Å². The minimum atomic E-state index is -0.539. The standard InChI is InChI=1S/C13H13F2N3S2/c1-20-12(19)18-17-11-10-5-13(10,6-16-11)7-2-8(14)4-9(15)3-7/h2-4,10H,5-6H2,1H3,(H,16,17)(H,18,19). The van der Waals surface area contributed by atoms with E-state index in [2.05, 4.69) is 15.8 Å². The topological polar surface area (TPSA) is 36.4 Å². The number of halogens is 2. The molecule has 0 aromatic heterocycles. The van der Waals surface area contributed by atoms with Gasteiger partial charge in [0.25, 0.3) is 0 Å². The Labute approximate surface area is 125 Å². The first-order valence-electron chi connectivity index (χ1n) is 6.16. The normalized spacial score (nSPS) is 26.8. The summed E-state index contributed by atoms with van der Waals surface area (Å²) in [4.78, 5) is 4.41. The van der Waals surface area contributed by atoms with Gasteiger partial charge in [-0.15, -0.1) is 0 Å². The molecule has 1 aromatic rings. The van der Waals surface area contributed by atoms with Crippen LogP contribution in [0.1, 0.15) is 12.0 Å². The SMILES string of the molecule is CSC(=S)NNC1=NCC2(c3cc(F)cc(F)c3)CC12. The third-order valence-electron chi connectivity index (χ3n) is 3.85. The number of aliphatic imine (C=N–C) groups is 1. The van der Waals surface area contributed by atoms with Gasteiger partial charge < -0.3 is 0 Å². The van der Waals surface area contributed by atoms with E-state index in [0.717, 1.165) is 18.3 Å². The lowest BCUT2D eigenvalue weighted by atomic mass is 9.94. The molecular weight excluding hydrogens is 300 g/mol. The molecule has 3 rings (SSSR count). The Morgan fingerprint density at radius 2 is 2.10 bits per heavy atom. The molecule has 2 unspecified atom stereocenters. The molecular formula is C13H13F2N3S2. The lowest BCUT2D eigenvalue weighted by molar-refractivity contribution is 0.571. The summed E-state index contributed by atoms with van der Waals surface area (Å²) in [6.07, 6.45) is 2.74. The number of rotatable bonds is 1. The summed E-state index contributed by atoms with van der Waals surface area (Å²) < 4.78 is 27.3. The van der Waals surface area contributed by atoms with Crippen LogP contribution < -0.4 is 10.9 Å². The minimum Gasteiger partial charge on any atom is -0.287 e. The number of hydrazine groups is 1. The Bertz CT molecular complexity index is 585. The summed E-state index contributed by atoms with van der Waals surface area (Å²) in [5.74, 6) is -0.0850. The highest BCUT2D eigenvalue weighted by atomic mass is 32.2. The highest BCUT2D eigenvalue weighted by Gasteiger charge is 2.61. The molecule has 0 bridgehead atoms. The van der Waals surface area contributed by atoms with Crippen LogP contribution in [-0.4, -0.2) is 23.0 Å². The molecule has 106 valence electrons. The maximum absolute atomic E-state index is 13.3. The van der Waals surface area contributed by atoms with E-state index in [1.54, 1.807) is 0 Å². The number of nitrogens with zero attached hydrogens (tertiary/aromatic N) is 1. The number of benzene rings is 1. The molecule has 0 spiro atoms. The van der Waals surface area contributed by atoms with Crippen molar-refractivity contribution < 1.29 is 8.78 Å². The Morgan fingerprint density at radius 1 is 1.40 bits per heavy atom. The van der Waals surface area contributed by atoms with Gasteiger partial charge in [-0.3, -0.25) is 15.8 Å². The average molecular weight is 313 g/mol. The third kappa shape index (κ3) is 2.29. The first kappa shape index (κ1) is 13.8. The van der Waals surface area contributed by atoms with Crippen molar-refractivity contribution in [2.75, 3.05) is 12.8 Å². The fraction of sp³-hybridized carbons (Fsp3) is 0.385. The lowest BCUT2D eigenvalue weighted by Crippen LogP contribution is -2.40. The summed E-state index contributed by atoms with van der Waals surface area (Å²) in [6.45, 7) is 0.552. The molecule has 0 radical (unpaired) electrons. The monoisotopic (exact) mass is 313 g/mol. The van der Waals surface area contributed by atoms with Crippen molar-refractivity contribution in [2.45, 2.75) is 11.8 Å². The number of hydrogen-bond acceptors (Lipinski definition) is 4. The molecule has 2 N–H and O–H groups in total. The number of fused-ring (bicyclic) bond motifs is 1. The predicted molar refractivity (Wildman–Crippen MR) is 80.8 cm³/mol. The highest BCUT2D eigenvalue weighted by molar-refractivity contribution is 8.22. The van der Waals surface area contributed by atoms with Gasteiger partial charge in [-0.25, -0.2) is 8.78 Å². The van der Waals surface area contributed by atoms with Crippen molar-refractivity contribution in [3.63, 3.8) is 0 Å². The summed E-state index contributed by atoms with van der Waals surface area (Å²) in [5.41, 5.74) is 6.33. The van der Waals surface area contributed by atoms with Gasteiger partial charge in [-0.1, -0.05) is 24.0 Å². The second-order valence-corrected chi connectivity index (χ2v) is 6.50. The van der Waals surface area contributed by atoms with Crippen molar-refractivity contribution in [1.29, 1.82) is 0 Å². The van der Waals surface area contributed by atoms with E-state index in [1.807, 2.05) is 6.26 Å². The maximum Gasteiger partial charge on any atom is 0.152 e. The Balaban J connectivity index is 1.72. The number of nitrogens with one attached hydrogen (secondary N) is 2. The lowest BCUT2D eigenvalue weighted by Gasteiger charge is -2.11. The fourth-order valence-electron chi connectivity index (χ4n) is 2.72. The second kappa shape index (κ2) is 4.96. The average Bonchev–Trinajstić information content (AvgIpc) is 3.05. The Morgan fingerprint density at radius 3 is 2.70 bits per heavy atom.